The van der Waals surface area contributed by atoms with E-state index in [-0.39, 0.29) is 5.91 Å². The topological polar surface area (TPSA) is 104 Å². The molecule has 8 nitrogen and oxygen atoms in total. The fourth-order valence-corrected chi connectivity index (χ4v) is 4.15. The minimum absolute atomic E-state index is 0.0712. The smallest absolute Gasteiger partial charge is 0.248 e. The minimum Gasteiger partial charge on any atom is -0.366 e. The lowest BCUT2D eigenvalue weighted by Gasteiger charge is -2.32. The van der Waals surface area contributed by atoms with Crippen LogP contribution in [-0.2, 0) is 4.79 Å². The number of amides is 2. The lowest BCUT2D eigenvalue weighted by molar-refractivity contribution is -0.118. The van der Waals surface area contributed by atoms with Gasteiger partial charge in [0.25, 0.3) is 0 Å². The highest BCUT2D eigenvalue weighted by molar-refractivity contribution is 5.95. The van der Waals surface area contributed by atoms with Crippen LogP contribution in [0.5, 0.6) is 0 Å². The molecule has 1 aromatic heterocycles. The van der Waals surface area contributed by atoms with Crippen LogP contribution in [0.3, 0.4) is 0 Å². The molecular weight excluding hydrogens is 404 g/mol. The van der Waals surface area contributed by atoms with E-state index < -0.39 is 5.91 Å². The van der Waals surface area contributed by atoms with Gasteiger partial charge in [0.15, 0.2) is 5.82 Å². The molecule has 1 heterocycles. The maximum absolute atomic E-state index is 12.7. The first-order valence-electron chi connectivity index (χ1n) is 11.5. The van der Waals surface area contributed by atoms with Crippen LogP contribution in [0.4, 0.5) is 23.1 Å². The van der Waals surface area contributed by atoms with Gasteiger partial charge in [-0.2, -0.15) is 4.98 Å². The molecule has 1 fully saturated rings. The van der Waals surface area contributed by atoms with Gasteiger partial charge in [0.2, 0.25) is 17.8 Å². The monoisotopic (exact) mass is 438 g/mol. The van der Waals surface area contributed by atoms with Crippen molar-refractivity contribution in [1.29, 1.82) is 0 Å². The second-order valence-corrected chi connectivity index (χ2v) is 8.25. The van der Waals surface area contributed by atoms with Gasteiger partial charge in [0, 0.05) is 37.3 Å². The number of unbranched alkanes of at least 4 members (excludes halogenated alkanes) is 1. The van der Waals surface area contributed by atoms with Crippen LogP contribution in [-0.4, -0.2) is 41.4 Å². The van der Waals surface area contributed by atoms with Gasteiger partial charge in [-0.3, -0.25) is 9.59 Å². The number of aromatic nitrogens is 2. The molecule has 0 radical (unpaired) electrons. The zero-order chi connectivity index (χ0) is 23.1. The van der Waals surface area contributed by atoms with Gasteiger partial charge in [0.1, 0.15) is 5.69 Å². The van der Waals surface area contributed by atoms with E-state index in [9.17, 15) is 9.59 Å². The van der Waals surface area contributed by atoms with E-state index in [1.165, 1.54) is 12.8 Å². The van der Waals surface area contributed by atoms with Crippen molar-refractivity contribution in [2.24, 2.45) is 5.73 Å². The van der Waals surface area contributed by atoms with E-state index in [0.29, 0.717) is 24.0 Å². The van der Waals surface area contributed by atoms with E-state index in [1.807, 2.05) is 0 Å². The molecular formula is C24H34N6O2. The molecule has 1 aliphatic carbocycles. The predicted octanol–water partition coefficient (Wildman–Crippen LogP) is 4.24. The Morgan fingerprint density at radius 1 is 1.16 bits per heavy atom. The van der Waals surface area contributed by atoms with Crippen molar-refractivity contribution in [2.45, 2.75) is 64.8 Å². The normalized spacial score (nSPS) is 13.7. The summed E-state index contributed by atoms with van der Waals surface area (Å²) in [4.78, 5) is 37.4. The first-order chi connectivity index (χ1) is 15.4. The van der Waals surface area contributed by atoms with Crippen molar-refractivity contribution in [3.05, 3.63) is 36.0 Å². The van der Waals surface area contributed by atoms with Gasteiger partial charge in [-0.1, -0.05) is 26.2 Å². The van der Waals surface area contributed by atoms with Gasteiger partial charge < -0.3 is 20.9 Å². The van der Waals surface area contributed by atoms with Crippen molar-refractivity contribution >= 4 is 35.0 Å². The van der Waals surface area contributed by atoms with Crippen molar-refractivity contribution in [1.82, 2.24) is 9.97 Å². The van der Waals surface area contributed by atoms with E-state index in [2.05, 4.69) is 29.0 Å². The average Bonchev–Trinajstić information content (AvgIpc) is 3.32. The summed E-state index contributed by atoms with van der Waals surface area (Å²) in [5.41, 5.74) is 7.25. The molecule has 3 N–H and O–H groups in total. The van der Waals surface area contributed by atoms with Crippen LogP contribution in [0, 0.1) is 0 Å². The Morgan fingerprint density at radius 3 is 2.44 bits per heavy atom. The number of primary amides is 1. The Kier molecular flexibility index (Phi) is 8.03. The van der Waals surface area contributed by atoms with Crippen LogP contribution in [0.25, 0.3) is 0 Å². The van der Waals surface area contributed by atoms with Gasteiger partial charge in [-0.25, -0.2) is 4.98 Å². The van der Waals surface area contributed by atoms with E-state index in [4.69, 9.17) is 10.7 Å². The zero-order valence-corrected chi connectivity index (χ0v) is 19.3. The summed E-state index contributed by atoms with van der Waals surface area (Å²) in [5.74, 6) is 0.826. The summed E-state index contributed by atoms with van der Waals surface area (Å²) in [6, 6.07) is 7.28. The number of rotatable bonds is 10. The average molecular weight is 439 g/mol. The molecule has 0 bridgehead atoms. The Balaban J connectivity index is 1.92. The Hall–Kier alpha value is -3.16. The summed E-state index contributed by atoms with van der Waals surface area (Å²) >= 11 is 0. The highest BCUT2D eigenvalue weighted by Crippen LogP contribution is 2.34. The summed E-state index contributed by atoms with van der Waals surface area (Å²) in [5, 5.41) is 3.21. The fraction of sp³-hybridized carbons (Fsp3) is 0.500. The number of hydrogen-bond donors (Lipinski definition) is 2. The van der Waals surface area contributed by atoms with Crippen molar-refractivity contribution in [3.8, 4) is 0 Å². The molecule has 2 aromatic rings. The fourth-order valence-electron chi connectivity index (χ4n) is 4.15. The molecule has 1 saturated carbocycles. The molecule has 1 aromatic carbocycles. The third kappa shape index (κ3) is 5.55. The van der Waals surface area contributed by atoms with Crippen LogP contribution < -0.4 is 20.9 Å². The lowest BCUT2D eigenvalue weighted by atomic mass is 10.2. The number of carbonyl (C=O) groups is 2. The maximum atomic E-state index is 12.7. The van der Waals surface area contributed by atoms with Crippen molar-refractivity contribution in [2.75, 3.05) is 28.7 Å². The van der Waals surface area contributed by atoms with Gasteiger partial charge in [-0.05, 0) is 50.5 Å². The SMILES string of the molecule is CCCCC(=O)N(C)c1cnc(Nc2ccc(C(N)=O)cc2)nc1N(CC)C1CCCC1. The third-order valence-corrected chi connectivity index (χ3v) is 6.03. The van der Waals surface area contributed by atoms with Crippen molar-refractivity contribution < 1.29 is 9.59 Å². The number of anilines is 4. The lowest BCUT2D eigenvalue weighted by Crippen LogP contribution is -2.36. The van der Waals surface area contributed by atoms with Gasteiger partial charge in [-0.15, -0.1) is 0 Å². The number of nitrogens with one attached hydrogen (secondary N) is 1. The van der Waals surface area contributed by atoms with Gasteiger partial charge >= 0.3 is 0 Å². The van der Waals surface area contributed by atoms with Gasteiger partial charge in [0.05, 0.1) is 6.20 Å². The molecule has 3 rings (SSSR count). The standard InChI is InChI=1S/C24H34N6O2/c1-4-6-11-21(31)29(3)20-16-26-24(27-18-14-12-17(13-15-18)22(25)32)28-23(20)30(5-2)19-9-7-8-10-19/h12-16,19H,4-11H2,1-3H3,(H2,25,32)(H,26,27,28). The molecule has 172 valence electrons. The summed E-state index contributed by atoms with van der Waals surface area (Å²) in [7, 11) is 1.80. The summed E-state index contributed by atoms with van der Waals surface area (Å²) in [6.07, 6.45) is 8.75. The minimum atomic E-state index is -0.467. The largest absolute Gasteiger partial charge is 0.366 e. The highest BCUT2D eigenvalue weighted by atomic mass is 16.2. The number of nitrogens with two attached hydrogens (primary N) is 1. The molecule has 0 unspecified atom stereocenters. The van der Waals surface area contributed by atoms with Crippen LogP contribution in [0.2, 0.25) is 0 Å². The Labute approximate surface area is 190 Å². The molecule has 2 amide bonds. The third-order valence-electron chi connectivity index (χ3n) is 6.03. The van der Waals surface area contributed by atoms with Crippen molar-refractivity contribution in [3.63, 3.8) is 0 Å². The number of carbonyl (C=O) groups excluding carboxylic acids is 2. The van der Waals surface area contributed by atoms with Crippen LogP contribution >= 0.6 is 0 Å². The molecule has 32 heavy (non-hydrogen) atoms. The molecule has 1 aliphatic rings. The zero-order valence-electron chi connectivity index (χ0n) is 19.3. The Bertz CT molecular complexity index is 925. The van der Waals surface area contributed by atoms with E-state index in [0.717, 1.165) is 49.4 Å². The number of nitrogens with zero attached hydrogens (tertiary/aromatic N) is 4. The first kappa shape index (κ1) is 23.5. The highest BCUT2D eigenvalue weighted by Gasteiger charge is 2.27. The molecule has 0 aliphatic heterocycles. The van der Waals surface area contributed by atoms with Crippen LogP contribution in [0.1, 0.15) is 69.2 Å². The molecule has 0 saturated heterocycles. The first-order valence-corrected chi connectivity index (χ1v) is 11.5. The molecule has 0 spiro atoms. The summed E-state index contributed by atoms with van der Waals surface area (Å²) in [6.45, 7) is 5.01. The van der Waals surface area contributed by atoms with E-state index in [1.54, 1.807) is 42.4 Å². The molecule has 8 heteroatoms. The summed E-state index contributed by atoms with van der Waals surface area (Å²) < 4.78 is 0. The second-order valence-electron chi connectivity index (χ2n) is 8.25. The number of benzene rings is 1. The quantitative estimate of drug-likeness (QED) is 0.575. The predicted molar refractivity (Wildman–Crippen MR) is 128 cm³/mol. The second kappa shape index (κ2) is 10.9. The maximum Gasteiger partial charge on any atom is 0.248 e. The Morgan fingerprint density at radius 2 is 1.84 bits per heavy atom. The number of hydrogen-bond acceptors (Lipinski definition) is 6. The van der Waals surface area contributed by atoms with Crippen LogP contribution in [0.15, 0.2) is 30.5 Å². The van der Waals surface area contributed by atoms with E-state index >= 15 is 0 Å². The molecule has 0 atom stereocenters.